The van der Waals surface area contributed by atoms with E-state index < -0.39 is 0 Å². The molecule has 1 unspecified atom stereocenters. The highest BCUT2D eigenvalue weighted by molar-refractivity contribution is 7.80. The summed E-state index contributed by atoms with van der Waals surface area (Å²) in [6.45, 7) is 5.19. The summed E-state index contributed by atoms with van der Waals surface area (Å²) in [5.41, 5.74) is 12.2. The van der Waals surface area contributed by atoms with Crippen LogP contribution in [0.1, 0.15) is 31.9 Å². The molecule has 0 spiro atoms. The van der Waals surface area contributed by atoms with Crippen molar-refractivity contribution in [2.75, 3.05) is 13.1 Å². The number of amides is 1. The summed E-state index contributed by atoms with van der Waals surface area (Å²) in [6, 6.07) is 9.94. The molecule has 0 aliphatic heterocycles. The third-order valence-electron chi connectivity index (χ3n) is 2.98. The quantitative estimate of drug-likeness (QED) is 0.717. The standard InChI is InChI=1S/C15H23N3OS/c1-11(2)9-18(10-14(16)19)13(8-15(17)20)12-6-4-3-5-7-12/h3-7,11,13H,8-10H2,1-2H3,(H2,16,19)(H2,17,20). The van der Waals surface area contributed by atoms with Gasteiger partial charge >= 0.3 is 0 Å². The van der Waals surface area contributed by atoms with Gasteiger partial charge < -0.3 is 11.5 Å². The van der Waals surface area contributed by atoms with E-state index in [9.17, 15) is 4.79 Å². The van der Waals surface area contributed by atoms with Crippen molar-refractivity contribution in [1.82, 2.24) is 4.90 Å². The molecule has 1 aromatic rings. The predicted octanol–water partition coefficient (Wildman–Crippen LogP) is 1.85. The van der Waals surface area contributed by atoms with Crippen molar-refractivity contribution in [1.29, 1.82) is 0 Å². The van der Waals surface area contributed by atoms with E-state index >= 15 is 0 Å². The summed E-state index contributed by atoms with van der Waals surface area (Å²) < 4.78 is 0. The van der Waals surface area contributed by atoms with E-state index in [-0.39, 0.29) is 18.5 Å². The van der Waals surface area contributed by atoms with Crippen molar-refractivity contribution in [3.8, 4) is 0 Å². The Hall–Kier alpha value is -1.46. The van der Waals surface area contributed by atoms with Gasteiger partial charge in [0, 0.05) is 19.0 Å². The molecule has 0 bridgehead atoms. The minimum Gasteiger partial charge on any atom is -0.393 e. The van der Waals surface area contributed by atoms with Crippen LogP contribution in [-0.2, 0) is 4.79 Å². The molecule has 4 N–H and O–H groups in total. The minimum absolute atomic E-state index is 0.0106. The van der Waals surface area contributed by atoms with E-state index in [1.54, 1.807) is 0 Å². The highest BCUT2D eigenvalue weighted by Crippen LogP contribution is 2.25. The van der Waals surface area contributed by atoms with Crippen LogP contribution in [-0.4, -0.2) is 28.9 Å². The maximum atomic E-state index is 11.3. The van der Waals surface area contributed by atoms with Crippen LogP contribution in [0.2, 0.25) is 0 Å². The summed E-state index contributed by atoms with van der Waals surface area (Å²) in [6.07, 6.45) is 0.541. The number of carbonyl (C=O) groups excluding carboxylic acids is 1. The lowest BCUT2D eigenvalue weighted by atomic mass is 10.0. The van der Waals surface area contributed by atoms with Crippen LogP contribution in [0.4, 0.5) is 0 Å². The average Bonchev–Trinajstić information content (AvgIpc) is 2.35. The van der Waals surface area contributed by atoms with Crippen LogP contribution in [0.15, 0.2) is 30.3 Å². The normalized spacial score (nSPS) is 12.6. The highest BCUT2D eigenvalue weighted by Gasteiger charge is 2.23. The molecule has 0 saturated heterocycles. The molecule has 0 radical (unpaired) electrons. The summed E-state index contributed by atoms with van der Waals surface area (Å²) in [7, 11) is 0. The number of nitrogens with two attached hydrogens (primary N) is 2. The first-order valence-corrected chi connectivity index (χ1v) is 7.16. The SMILES string of the molecule is CC(C)CN(CC(N)=O)C(CC(N)=S)c1ccccc1. The fraction of sp³-hybridized carbons (Fsp3) is 0.467. The Balaban J connectivity index is 3.03. The van der Waals surface area contributed by atoms with Crippen LogP contribution < -0.4 is 11.5 Å². The first-order valence-electron chi connectivity index (χ1n) is 6.75. The summed E-state index contributed by atoms with van der Waals surface area (Å²) in [5, 5.41) is 0. The zero-order valence-electron chi connectivity index (χ0n) is 12.1. The van der Waals surface area contributed by atoms with Crippen LogP contribution >= 0.6 is 12.2 Å². The van der Waals surface area contributed by atoms with Crippen molar-refractivity contribution < 1.29 is 4.79 Å². The van der Waals surface area contributed by atoms with Gasteiger partial charge in [0.25, 0.3) is 0 Å². The number of primary amides is 1. The monoisotopic (exact) mass is 293 g/mol. The first kappa shape index (κ1) is 16.6. The largest absolute Gasteiger partial charge is 0.393 e. The molecule has 4 nitrogen and oxygen atoms in total. The van der Waals surface area contributed by atoms with Crippen molar-refractivity contribution in [3.05, 3.63) is 35.9 Å². The molecule has 1 aromatic carbocycles. The fourth-order valence-corrected chi connectivity index (χ4v) is 2.45. The molecule has 0 aliphatic rings. The molecule has 5 heteroatoms. The number of nitrogens with zero attached hydrogens (tertiary/aromatic N) is 1. The Bertz CT molecular complexity index is 448. The van der Waals surface area contributed by atoms with Gasteiger partial charge in [-0.3, -0.25) is 9.69 Å². The highest BCUT2D eigenvalue weighted by atomic mass is 32.1. The Morgan fingerprint density at radius 3 is 2.30 bits per heavy atom. The molecule has 0 heterocycles. The first-order chi connectivity index (χ1) is 9.40. The van der Waals surface area contributed by atoms with Crippen LogP contribution in [0.5, 0.6) is 0 Å². The van der Waals surface area contributed by atoms with E-state index in [1.807, 2.05) is 30.3 Å². The van der Waals surface area contributed by atoms with Crippen LogP contribution in [0, 0.1) is 5.92 Å². The second kappa shape index (κ2) is 7.97. The molecule has 1 atom stereocenters. The number of benzene rings is 1. The second-order valence-electron chi connectivity index (χ2n) is 5.39. The summed E-state index contributed by atoms with van der Waals surface area (Å²) in [5.74, 6) is 0.0847. The number of thiocarbonyl (C=S) groups is 1. The lowest BCUT2D eigenvalue weighted by molar-refractivity contribution is -0.119. The van der Waals surface area contributed by atoms with Crippen molar-refractivity contribution in [2.45, 2.75) is 26.3 Å². The predicted molar refractivity (Wildman–Crippen MR) is 86.2 cm³/mol. The van der Waals surface area contributed by atoms with Gasteiger partial charge in [-0.05, 0) is 11.5 Å². The Morgan fingerprint density at radius 2 is 1.85 bits per heavy atom. The Kier molecular flexibility index (Phi) is 6.61. The van der Waals surface area contributed by atoms with Gasteiger partial charge in [0.1, 0.15) is 0 Å². The van der Waals surface area contributed by atoms with Gasteiger partial charge in [0.05, 0.1) is 11.5 Å². The molecular weight excluding hydrogens is 270 g/mol. The van der Waals surface area contributed by atoms with E-state index in [1.165, 1.54) is 0 Å². The van der Waals surface area contributed by atoms with Gasteiger partial charge in [0.15, 0.2) is 0 Å². The van der Waals surface area contributed by atoms with E-state index in [0.29, 0.717) is 17.3 Å². The van der Waals surface area contributed by atoms with Crippen molar-refractivity contribution >= 4 is 23.1 Å². The molecule has 20 heavy (non-hydrogen) atoms. The average molecular weight is 293 g/mol. The van der Waals surface area contributed by atoms with E-state index in [4.69, 9.17) is 23.7 Å². The molecule has 0 aliphatic carbocycles. The van der Waals surface area contributed by atoms with Gasteiger partial charge in [-0.15, -0.1) is 0 Å². The van der Waals surface area contributed by atoms with Crippen molar-refractivity contribution in [2.24, 2.45) is 17.4 Å². The summed E-state index contributed by atoms with van der Waals surface area (Å²) >= 11 is 5.05. The molecule has 110 valence electrons. The molecule has 0 fully saturated rings. The van der Waals surface area contributed by atoms with E-state index in [0.717, 1.165) is 12.1 Å². The number of hydrogen-bond donors (Lipinski definition) is 2. The van der Waals surface area contributed by atoms with E-state index in [2.05, 4.69) is 18.7 Å². The molecule has 1 rings (SSSR count). The van der Waals surface area contributed by atoms with Gasteiger partial charge in [-0.2, -0.15) is 0 Å². The van der Waals surface area contributed by atoms with Crippen LogP contribution in [0.3, 0.4) is 0 Å². The lowest BCUT2D eigenvalue weighted by Crippen LogP contribution is -2.40. The molecule has 1 amide bonds. The maximum absolute atomic E-state index is 11.3. The van der Waals surface area contributed by atoms with Crippen LogP contribution in [0.25, 0.3) is 0 Å². The number of rotatable bonds is 8. The topological polar surface area (TPSA) is 72.3 Å². The van der Waals surface area contributed by atoms with Crippen molar-refractivity contribution in [3.63, 3.8) is 0 Å². The third-order valence-corrected chi connectivity index (χ3v) is 3.14. The molecule has 0 saturated carbocycles. The molecular formula is C15H23N3OS. The smallest absolute Gasteiger partial charge is 0.231 e. The molecule has 0 aromatic heterocycles. The van der Waals surface area contributed by atoms with Gasteiger partial charge in [0.2, 0.25) is 5.91 Å². The number of carbonyl (C=O) groups is 1. The lowest BCUT2D eigenvalue weighted by Gasteiger charge is -2.32. The third kappa shape index (κ3) is 5.67. The number of hydrogen-bond acceptors (Lipinski definition) is 3. The second-order valence-corrected chi connectivity index (χ2v) is 5.91. The Labute approximate surface area is 126 Å². The Morgan fingerprint density at radius 1 is 1.25 bits per heavy atom. The maximum Gasteiger partial charge on any atom is 0.231 e. The zero-order chi connectivity index (χ0) is 15.1. The zero-order valence-corrected chi connectivity index (χ0v) is 12.9. The van der Waals surface area contributed by atoms with Gasteiger partial charge in [-0.25, -0.2) is 0 Å². The fourth-order valence-electron chi connectivity index (χ4n) is 2.29. The summed E-state index contributed by atoms with van der Waals surface area (Å²) in [4.78, 5) is 13.8. The van der Waals surface area contributed by atoms with Gasteiger partial charge in [-0.1, -0.05) is 56.4 Å². The minimum atomic E-state index is -0.338.